The van der Waals surface area contributed by atoms with Gasteiger partial charge in [0.2, 0.25) is 0 Å². The summed E-state index contributed by atoms with van der Waals surface area (Å²) in [5.41, 5.74) is 6.45. The largest absolute Gasteiger partial charge is 0.487 e. The lowest BCUT2D eigenvalue weighted by atomic mass is 9.95. The van der Waals surface area contributed by atoms with E-state index < -0.39 is 0 Å². The minimum Gasteiger partial charge on any atom is -0.487 e. The number of hydrogen-bond donors (Lipinski definition) is 2. The highest BCUT2D eigenvalue weighted by Gasteiger charge is 2.16. The number of hydrogen-bond acceptors (Lipinski definition) is 3. The third kappa shape index (κ3) is 5.36. The van der Waals surface area contributed by atoms with Crippen molar-refractivity contribution in [3.8, 4) is 5.75 Å². The third-order valence-corrected chi connectivity index (χ3v) is 4.19. The molecule has 0 spiro atoms. The van der Waals surface area contributed by atoms with Crippen LogP contribution in [-0.4, -0.2) is 25.1 Å². The number of carbonyl (C=O) groups excluding carboxylic acids is 1. The molecule has 4 nitrogen and oxygen atoms in total. The van der Waals surface area contributed by atoms with Crippen LogP contribution in [0.25, 0.3) is 0 Å². The van der Waals surface area contributed by atoms with Crippen LogP contribution in [0.2, 0.25) is 0 Å². The van der Waals surface area contributed by atoms with Crippen LogP contribution in [0.5, 0.6) is 5.75 Å². The molecular weight excluding hydrogens is 295 g/mol. The summed E-state index contributed by atoms with van der Waals surface area (Å²) in [6, 6.07) is 7.04. The van der Waals surface area contributed by atoms with Gasteiger partial charge in [-0.05, 0) is 49.6 Å². The standard InChI is InChI=1S/C18H25FN2O2/c1-13(11-20)17(19)12-23-16-9-7-14(8-10-16)18(22)21-15-5-3-2-4-6-15/h7-10,15H,2-6,11-12,20H2,1H3,(H,21,22)/b17-13+. The van der Waals surface area contributed by atoms with E-state index in [2.05, 4.69) is 5.32 Å². The van der Waals surface area contributed by atoms with Gasteiger partial charge in [-0.3, -0.25) is 4.79 Å². The van der Waals surface area contributed by atoms with Crippen molar-refractivity contribution in [2.24, 2.45) is 5.73 Å². The summed E-state index contributed by atoms with van der Waals surface area (Å²) in [5, 5.41) is 3.07. The molecule has 0 radical (unpaired) electrons. The Bertz CT molecular complexity index is 549. The van der Waals surface area contributed by atoms with E-state index >= 15 is 0 Å². The summed E-state index contributed by atoms with van der Waals surface area (Å²) in [6.45, 7) is 1.67. The molecule has 1 aromatic carbocycles. The van der Waals surface area contributed by atoms with Crippen LogP contribution < -0.4 is 15.8 Å². The second-order valence-electron chi connectivity index (χ2n) is 6.01. The highest BCUT2D eigenvalue weighted by molar-refractivity contribution is 5.94. The first-order valence-electron chi connectivity index (χ1n) is 8.18. The molecule has 0 unspecified atom stereocenters. The zero-order chi connectivity index (χ0) is 16.7. The monoisotopic (exact) mass is 320 g/mol. The Morgan fingerprint density at radius 1 is 1.26 bits per heavy atom. The van der Waals surface area contributed by atoms with Gasteiger partial charge in [-0.25, -0.2) is 4.39 Å². The van der Waals surface area contributed by atoms with Gasteiger partial charge >= 0.3 is 0 Å². The second kappa shape index (κ2) is 8.67. The Morgan fingerprint density at radius 2 is 1.91 bits per heavy atom. The smallest absolute Gasteiger partial charge is 0.251 e. The first-order valence-corrected chi connectivity index (χ1v) is 8.18. The predicted molar refractivity (Wildman–Crippen MR) is 89.1 cm³/mol. The molecule has 3 N–H and O–H groups in total. The fourth-order valence-electron chi connectivity index (χ4n) is 2.60. The van der Waals surface area contributed by atoms with Crippen molar-refractivity contribution < 1.29 is 13.9 Å². The molecule has 0 aliphatic heterocycles. The zero-order valence-electron chi connectivity index (χ0n) is 13.6. The molecule has 126 valence electrons. The van der Waals surface area contributed by atoms with E-state index in [1.807, 2.05) is 0 Å². The molecule has 1 aromatic rings. The maximum absolute atomic E-state index is 13.6. The summed E-state index contributed by atoms with van der Waals surface area (Å²) >= 11 is 0. The van der Waals surface area contributed by atoms with E-state index in [1.165, 1.54) is 19.3 Å². The molecular formula is C18H25FN2O2. The van der Waals surface area contributed by atoms with E-state index in [9.17, 15) is 9.18 Å². The van der Waals surface area contributed by atoms with Crippen LogP contribution in [0.15, 0.2) is 35.7 Å². The van der Waals surface area contributed by atoms with Crippen LogP contribution >= 0.6 is 0 Å². The molecule has 1 aliphatic rings. The van der Waals surface area contributed by atoms with Crippen LogP contribution in [-0.2, 0) is 0 Å². The summed E-state index contributed by atoms with van der Waals surface area (Å²) in [4.78, 5) is 12.2. The Balaban J connectivity index is 1.87. The van der Waals surface area contributed by atoms with Crippen LogP contribution in [0.4, 0.5) is 4.39 Å². The minimum absolute atomic E-state index is 0.0616. The molecule has 0 bridgehead atoms. The molecule has 1 aliphatic carbocycles. The number of benzene rings is 1. The molecule has 0 aromatic heterocycles. The van der Waals surface area contributed by atoms with E-state index in [-0.39, 0.29) is 30.9 Å². The Labute approximate surface area is 136 Å². The SMILES string of the molecule is C/C(CN)=C(\F)COc1ccc(C(=O)NC2CCCCC2)cc1. The van der Waals surface area contributed by atoms with Gasteiger partial charge in [0.25, 0.3) is 5.91 Å². The number of carbonyl (C=O) groups is 1. The summed E-state index contributed by atoms with van der Waals surface area (Å²) in [5.74, 6) is 0.110. The normalized spacial score (nSPS) is 16.7. The number of ether oxygens (including phenoxy) is 1. The van der Waals surface area contributed by atoms with Gasteiger partial charge in [-0.15, -0.1) is 0 Å². The quantitative estimate of drug-likeness (QED) is 0.845. The minimum atomic E-state index is -0.355. The summed E-state index contributed by atoms with van der Waals surface area (Å²) in [7, 11) is 0. The lowest BCUT2D eigenvalue weighted by molar-refractivity contribution is 0.0927. The number of amides is 1. The van der Waals surface area contributed by atoms with E-state index in [0.717, 1.165) is 12.8 Å². The zero-order valence-corrected chi connectivity index (χ0v) is 13.6. The first-order chi connectivity index (χ1) is 11.1. The Kier molecular flexibility index (Phi) is 6.59. The van der Waals surface area contributed by atoms with Crippen molar-refractivity contribution in [1.82, 2.24) is 5.32 Å². The lowest BCUT2D eigenvalue weighted by Crippen LogP contribution is -2.36. The van der Waals surface area contributed by atoms with Crippen molar-refractivity contribution in [2.45, 2.75) is 45.1 Å². The number of halogens is 1. The fraction of sp³-hybridized carbons (Fsp3) is 0.500. The predicted octanol–water partition coefficient (Wildman–Crippen LogP) is 3.33. The second-order valence-corrected chi connectivity index (χ2v) is 6.01. The molecule has 1 amide bonds. The van der Waals surface area contributed by atoms with Crippen molar-refractivity contribution in [2.75, 3.05) is 13.2 Å². The molecule has 2 rings (SSSR count). The molecule has 0 atom stereocenters. The topological polar surface area (TPSA) is 64.3 Å². The number of nitrogens with two attached hydrogens (primary N) is 1. The molecule has 0 heterocycles. The lowest BCUT2D eigenvalue weighted by Gasteiger charge is -2.22. The van der Waals surface area contributed by atoms with Gasteiger partial charge in [0.15, 0.2) is 0 Å². The Morgan fingerprint density at radius 3 is 2.52 bits per heavy atom. The van der Waals surface area contributed by atoms with Crippen molar-refractivity contribution >= 4 is 5.91 Å². The third-order valence-electron chi connectivity index (χ3n) is 4.19. The van der Waals surface area contributed by atoms with Gasteiger partial charge < -0.3 is 15.8 Å². The maximum Gasteiger partial charge on any atom is 0.251 e. The van der Waals surface area contributed by atoms with Crippen molar-refractivity contribution in [1.29, 1.82) is 0 Å². The average molecular weight is 320 g/mol. The van der Waals surface area contributed by atoms with Gasteiger partial charge in [0.1, 0.15) is 18.2 Å². The van der Waals surface area contributed by atoms with Crippen LogP contribution in [0, 0.1) is 0 Å². The van der Waals surface area contributed by atoms with E-state index in [4.69, 9.17) is 10.5 Å². The Hall–Kier alpha value is -1.88. The maximum atomic E-state index is 13.6. The van der Waals surface area contributed by atoms with Gasteiger partial charge in [0.05, 0.1) is 0 Å². The average Bonchev–Trinajstić information content (AvgIpc) is 2.60. The molecule has 1 fully saturated rings. The van der Waals surface area contributed by atoms with Crippen LogP contribution in [0.3, 0.4) is 0 Å². The van der Waals surface area contributed by atoms with Crippen molar-refractivity contribution in [3.05, 3.63) is 41.2 Å². The number of rotatable bonds is 6. The summed E-state index contributed by atoms with van der Waals surface area (Å²) in [6.07, 6.45) is 5.73. The molecule has 23 heavy (non-hydrogen) atoms. The highest BCUT2D eigenvalue weighted by Crippen LogP contribution is 2.19. The van der Waals surface area contributed by atoms with Crippen molar-refractivity contribution in [3.63, 3.8) is 0 Å². The van der Waals surface area contributed by atoms with Gasteiger partial charge in [-0.2, -0.15) is 0 Å². The fourth-order valence-corrected chi connectivity index (χ4v) is 2.60. The van der Waals surface area contributed by atoms with E-state index in [0.29, 0.717) is 16.9 Å². The van der Waals surface area contributed by atoms with E-state index in [1.54, 1.807) is 31.2 Å². The van der Waals surface area contributed by atoms with Gasteiger partial charge in [0, 0.05) is 18.2 Å². The highest BCUT2D eigenvalue weighted by atomic mass is 19.1. The first kappa shape index (κ1) is 17.5. The van der Waals surface area contributed by atoms with Gasteiger partial charge in [-0.1, -0.05) is 19.3 Å². The molecule has 5 heteroatoms. The number of nitrogens with one attached hydrogen (secondary N) is 1. The van der Waals surface area contributed by atoms with Crippen LogP contribution in [0.1, 0.15) is 49.4 Å². The summed E-state index contributed by atoms with van der Waals surface area (Å²) < 4.78 is 18.9. The molecule has 0 saturated heterocycles. The molecule has 1 saturated carbocycles.